The Hall–Kier alpha value is -0.780. The molecule has 94 valence electrons. The van der Waals surface area contributed by atoms with Crippen molar-refractivity contribution in [3.05, 3.63) is 0 Å². The van der Waals surface area contributed by atoms with E-state index in [1.165, 1.54) is 11.2 Å². The first-order valence-corrected chi connectivity index (χ1v) is 7.22. The zero-order valence-corrected chi connectivity index (χ0v) is 11.0. The van der Waals surface area contributed by atoms with Crippen molar-refractivity contribution in [2.75, 3.05) is 19.3 Å². The van der Waals surface area contributed by atoms with Gasteiger partial charge in [0.2, 0.25) is 0 Å². The third kappa shape index (κ3) is 3.66. The number of nitrogens with zero attached hydrogens (tertiary/aromatic N) is 1. The highest BCUT2D eigenvalue weighted by atomic mass is 32.2. The van der Waals surface area contributed by atoms with Crippen LogP contribution >= 0.6 is 0 Å². The topological polar surface area (TPSA) is 63.7 Å². The number of hydrogen-bond donors (Lipinski definition) is 0. The summed E-state index contributed by atoms with van der Waals surface area (Å²) in [6.45, 7) is 6.06. The van der Waals surface area contributed by atoms with Crippen molar-refractivity contribution in [3.63, 3.8) is 0 Å². The largest absolute Gasteiger partial charge is 0.444 e. The smallest absolute Gasteiger partial charge is 0.410 e. The third-order valence-electron chi connectivity index (χ3n) is 2.40. The van der Waals surface area contributed by atoms with E-state index < -0.39 is 26.8 Å². The Morgan fingerprint density at radius 1 is 1.38 bits per heavy atom. The molecule has 16 heavy (non-hydrogen) atoms. The van der Waals surface area contributed by atoms with Crippen LogP contribution in [0.3, 0.4) is 0 Å². The number of amides is 1. The molecule has 0 bridgehead atoms. The Morgan fingerprint density at radius 2 is 1.94 bits per heavy atom. The van der Waals surface area contributed by atoms with Gasteiger partial charge in [-0.1, -0.05) is 0 Å². The fourth-order valence-electron chi connectivity index (χ4n) is 1.57. The van der Waals surface area contributed by atoms with Gasteiger partial charge in [-0.2, -0.15) is 0 Å². The molecule has 6 heteroatoms. The molecule has 0 aromatic rings. The molecule has 1 heterocycles. The average molecular weight is 249 g/mol. The maximum Gasteiger partial charge on any atom is 0.410 e. The van der Waals surface area contributed by atoms with Gasteiger partial charge >= 0.3 is 6.09 Å². The average Bonchev–Trinajstić information content (AvgIpc) is 2.46. The summed E-state index contributed by atoms with van der Waals surface area (Å²) in [6, 6.07) is 0. The molecule has 0 radical (unpaired) electrons. The van der Waals surface area contributed by atoms with Crippen LogP contribution in [0.2, 0.25) is 0 Å². The molecule has 1 amide bonds. The lowest BCUT2D eigenvalue weighted by Gasteiger charge is -2.24. The van der Waals surface area contributed by atoms with Gasteiger partial charge in [0.05, 0.1) is 5.25 Å². The highest BCUT2D eigenvalue weighted by molar-refractivity contribution is 7.91. The summed E-state index contributed by atoms with van der Waals surface area (Å²) in [5.74, 6) is 0. The molecule has 1 aliphatic rings. The lowest BCUT2D eigenvalue weighted by Crippen LogP contribution is -2.36. The Bertz CT molecular complexity index is 369. The third-order valence-corrected chi connectivity index (χ3v) is 4.00. The van der Waals surface area contributed by atoms with Crippen molar-refractivity contribution < 1.29 is 17.9 Å². The van der Waals surface area contributed by atoms with E-state index in [0.717, 1.165) is 0 Å². The maximum atomic E-state index is 11.6. The van der Waals surface area contributed by atoms with Crippen LogP contribution in [0.4, 0.5) is 4.79 Å². The van der Waals surface area contributed by atoms with Gasteiger partial charge in [0.25, 0.3) is 0 Å². The Morgan fingerprint density at radius 3 is 2.31 bits per heavy atom. The molecule has 5 nitrogen and oxygen atoms in total. The van der Waals surface area contributed by atoms with Crippen LogP contribution in [0.15, 0.2) is 0 Å². The highest BCUT2D eigenvalue weighted by Gasteiger charge is 2.34. The summed E-state index contributed by atoms with van der Waals surface area (Å²) < 4.78 is 27.8. The van der Waals surface area contributed by atoms with Crippen LogP contribution in [0.5, 0.6) is 0 Å². The Labute approximate surface area is 96.7 Å². The second-order valence-corrected chi connectivity index (χ2v) is 7.49. The fourth-order valence-corrected chi connectivity index (χ4v) is 2.55. The number of sulfone groups is 1. The standard InChI is InChI=1S/C10H19NO4S/c1-10(2,3)15-9(12)11-6-5-8(7-11)16(4,13)14/h8H,5-7H2,1-4H3. The molecule has 0 aromatic heterocycles. The highest BCUT2D eigenvalue weighted by Crippen LogP contribution is 2.19. The van der Waals surface area contributed by atoms with Crippen molar-refractivity contribution in [2.45, 2.75) is 38.0 Å². The van der Waals surface area contributed by atoms with Gasteiger partial charge in [0, 0.05) is 19.3 Å². The molecule has 1 fully saturated rings. The van der Waals surface area contributed by atoms with Crippen molar-refractivity contribution in [1.29, 1.82) is 0 Å². The molecule has 1 aliphatic heterocycles. The van der Waals surface area contributed by atoms with Crippen LogP contribution in [0.1, 0.15) is 27.2 Å². The van der Waals surface area contributed by atoms with Gasteiger partial charge < -0.3 is 9.64 Å². The summed E-state index contributed by atoms with van der Waals surface area (Å²) in [7, 11) is -3.06. The minimum absolute atomic E-state index is 0.244. The van der Waals surface area contributed by atoms with Gasteiger partial charge in [-0.15, -0.1) is 0 Å². The second kappa shape index (κ2) is 4.24. The summed E-state index contributed by atoms with van der Waals surface area (Å²) in [5.41, 5.74) is -0.541. The summed E-state index contributed by atoms with van der Waals surface area (Å²) in [4.78, 5) is 13.1. The summed E-state index contributed by atoms with van der Waals surface area (Å²) >= 11 is 0. The van der Waals surface area contributed by atoms with Gasteiger partial charge in [-0.05, 0) is 27.2 Å². The summed E-state index contributed by atoms with van der Waals surface area (Å²) in [6.07, 6.45) is 1.27. The number of ether oxygens (including phenoxy) is 1. The number of carbonyl (C=O) groups is 1. The Balaban J connectivity index is 2.57. The van der Waals surface area contributed by atoms with Gasteiger partial charge in [-0.25, -0.2) is 13.2 Å². The monoisotopic (exact) mass is 249 g/mol. The van der Waals surface area contributed by atoms with Gasteiger partial charge in [-0.3, -0.25) is 0 Å². The molecule has 1 atom stereocenters. The minimum Gasteiger partial charge on any atom is -0.444 e. The van der Waals surface area contributed by atoms with Crippen LogP contribution < -0.4 is 0 Å². The minimum atomic E-state index is -3.06. The van der Waals surface area contributed by atoms with E-state index in [0.29, 0.717) is 13.0 Å². The van der Waals surface area contributed by atoms with E-state index in [1.54, 1.807) is 20.8 Å². The van der Waals surface area contributed by atoms with Crippen molar-refractivity contribution >= 4 is 15.9 Å². The zero-order chi connectivity index (χ0) is 12.6. The van der Waals surface area contributed by atoms with E-state index in [1.807, 2.05) is 0 Å². The van der Waals surface area contributed by atoms with E-state index in [-0.39, 0.29) is 6.54 Å². The van der Waals surface area contributed by atoms with Crippen molar-refractivity contribution in [2.24, 2.45) is 0 Å². The molecule has 1 unspecified atom stereocenters. The second-order valence-electron chi connectivity index (χ2n) is 5.17. The predicted octanol–water partition coefficient (Wildman–Crippen LogP) is 1.04. The van der Waals surface area contributed by atoms with E-state index in [4.69, 9.17) is 4.74 Å². The van der Waals surface area contributed by atoms with E-state index >= 15 is 0 Å². The van der Waals surface area contributed by atoms with Crippen LogP contribution in [-0.4, -0.2) is 49.6 Å². The summed E-state index contributed by atoms with van der Waals surface area (Å²) in [5, 5.41) is -0.444. The molecule has 0 aliphatic carbocycles. The number of hydrogen-bond acceptors (Lipinski definition) is 4. The fraction of sp³-hybridized carbons (Fsp3) is 0.900. The lowest BCUT2D eigenvalue weighted by atomic mass is 10.2. The maximum absolute atomic E-state index is 11.6. The van der Waals surface area contributed by atoms with Gasteiger partial charge in [0.15, 0.2) is 9.84 Å². The first-order valence-electron chi connectivity index (χ1n) is 5.26. The SMILES string of the molecule is CC(C)(C)OC(=O)N1CCC(S(C)(=O)=O)C1. The number of likely N-dealkylation sites (tertiary alicyclic amines) is 1. The van der Waals surface area contributed by atoms with Gasteiger partial charge in [0.1, 0.15) is 5.60 Å². The number of carbonyl (C=O) groups excluding carboxylic acids is 1. The van der Waals surface area contributed by atoms with Crippen molar-refractivity contribution in [3.8, 4) is 0 Å². The molecule has 0 spiro atoms. The van der Waals surface area contributed by atoms with Crippen molar-refractivity contribution in [1.82, 2.24) is 4.90 Å². The first kappa shape index (κ1) is 13.3. The molecule has 1 rings (SSSR count). The van der Waals surface area contributed by atoms with Crippen LogP contribution in [-0.2, 0) is 14.6 Å². The first-order chi connectivity index (χ1) is 7.09. The molecular weight excluding hydrogens is 230 g/mol. The molecule has 0 N–H and O–H groups in total. The molecule has 1 saturated heterocycles. The number of rotatable bonds is 1. The quantitative estimate of drug-likeness (QED) is 0.696. The Kier molecular flexibility index (Phi) is 3.52. The lowest BCUT2D eigenvalue weighted by molar-refractivity contribution is 0.0295. The van der Waals surface area contributed by atoms with Crippen LogP contribution in [0.25, 0.3) is 0 Å². The van der Waals surface area contributed by atoms with Crippen LogP contribution in [0, 0.1) is 0 Å². The molecular formula is C10H19NO4S. The zero-order valence-electron chi connectivity index (χ0n) is 10.2. The predicted molar refractivity (Wildman–Crippen MR) is 61.1 cm³/mol. The normalized spacial score (nSPS) is 22.2. The van der Waals surface area contributed by atoms with E-state index in [2.05, 4.69) is 0 Å². The van der Waals surface area contributed by atoms with E-state index in [9.17, 15) is 13.2 Å². The molecule has 0 aromatic carbocycles. The molecule has 0 saturated carbocycles.